The molecule has 0 spiro atoms. The summed E-state index contributed by atoms with van der Waals surface area (Å²) in [6.45, 7) is 7.02. The van der Waals surface area contributed by atoms with E-state index in [0.29, 0.717) is 43.9 Å². The Bertz CT molecular complexity index is 870. The highest BCUT2D eigenvalue weighted by atomic mass is 32.1. The Morgan fingerprint density at radius 3 is 2.87 bits per heavy atom. The molecule has 0 atom stereocenters. The number of thiazole rings is 1. The smallest absolute Gasteiger partial charge is 0.255 e. The number of nitrogens with one attached hydrogen (secondary N) is 1. The van der Waals surface area contributed by atoms with Gasteiger partial charge in [-0.05, 0) is 51.2 Å². The minimum Gasteiger partial charge on any atom is -0.493 e. The fraction of sp³-hybridized carbons (Fsp3) is 0.435. The molecular weight excluding hydrogens is 398 g/mol. The molecule has 0 bridgehead atoms. The van der Waals surface area contributed by atoms with Crippen LogP contribution >= 0.6 is 11.3 Å². The standard InChI is InChI=1S/C23H29N3O3S/c1-3-16-26(23-25-18-11-6-8-13-20(18)30-23)21(27)14-9-15-24-22(28)17-10-5-7-12-19(17)29-4-2/h3,5,7,10,12H,1,4,6,8-9,11,13-16H2,2H3,(H,24,28). The number of rotatable bonds is 10. The predicted octanol–water partition coefficient (Wildman–Crippen LogP) is 4.15. The van der Waals surface area contributed by atoms with Gasteiger partial charge in [0.05, 0.1) is 17.9 Å². The summed E-state index contributed by atoms with van der Waals surface area (Å²) in [6, 6.07) is 7.16. The van der Waals surface area contributed by atoms with Crippen LogP contribution in [0.4, 0.5) is 5.13 Å². The first kappa shape index (κ1) is 22.0. The van der Waals surface area contributed by atoms with Gasteiger partial charge >= 0.3 is 0 Å². The Balaban J connectivity index is 1.53. The fourth-order valence-corrected chi connectivity index (χ4v) is 4.65. The number of carbonyl (C=O) groups is 2. The molecule has 1 N–H and O–H groups in total. The van der Waals surface area contributed by atoms with Crippen molar-refractivity contribution in [3.8, 4) is 5.75 Å². The molecule has 0 aliphatic heterocycles. The summed E-state index contributed by atoms with van der Waals surface area (Å²) >= 11 is 1.62. The minimum absolute atomic E-state index is 0.00459. The molecule has 1 heterocycles. The van der Waals surface area contributed by atoms with Crippen molar-refractivity contribution in [2.75, 3.05) is 24.6 Å². The lowest BCUT2D eigenvalue weighted by Gasteiger charge is -2.18. The Kier molecular flexibility index (Phi) is 8.02. The summed E-state index contributed by atoms with van der Waals surface area (Å²) in [4.78, 5) is 33.0. The van der Waals surface area contributed by atoms with Crippen molar-refractivity contribution in [3.05, 3.63) is 53.1 Å². The molecule has 1 aliphatic rings. The van der Waals surface area contributed by atoms with Crippen LogP contribution in [0.1, 0.15) is 53.5 Å². The number of benzene rings is 1. The molecule has 1 aliphatic carbocycles. The molecule has 3 rings (SSSR count). The number of anilines is 1. The van der Waals surface area contributed by atoms with E-state index < -0.39 is 0 Å². The average molecular weight is 428 g/mol. The van der Waals surface area contributed by atoms with Crippen LogP contribution in [0.15, 0.2) is 36.9 Å². The van der Waals surface area contributed by atoms with E-state index in [4.69, 9.17) is 9.72 Å². The topological polar surface area (TPSA) is 71.5 Å². The van der Waals surface area contributed by atoms with E-state index in [1.54, 1.807) is 34.4 Å². The molecule has 0 radical (unpaired) electrons. The van der Waals surface area contributed by atoms with Gasteiger partial charge in [-0.25, -0.2) is 4.98 Å². The number of aromatic nitrogens is 1. The largest absolute Gasteiger partial charge is 0.493 e. The van der Waals surface area contributed by atoms with Gasteiger partial charge in [0.2, 0.25) is 5.91 Å². The fourth-order valence-electron chi connectivity index (χ4n) is 3.48. The van der Waals surface area contributed by atoms with E-state index in [9.17, 15) is 9.59 Å². The van der Waals surface area contributed by atoms with Gasteiger partial charge in [0, 0.05) is 24.4 Å². The monoisotopic (exact) mass is 427 g/mol. The summed E-state index contributed by atoms with van der Waals surface area (Å²) in [7, 11) is 0. The predicted molar refractivity (Wildman–Crippen MR) is 120 cm³/mol. The SMILES string of the molecule is C=CCN(C(=O)CCCNC(=O)c1ccccc1OCC)c1nc2c(s1)CCCC2. The number of aryl methyl sites for hydroxylation is 2. The summed E-state index contributed by atoms with van der Waals surface area (Å²) in [5, 5.41) is 3.65. The average Bonchev–Trinajstić information content (AvgIpc) is 3.19. The van der Waals surface area contributed by atoms with Gasteiger partial charge in [-0.1, -0.05) is 18.2 Å². The van der Waals surface area contributed by atoms with E-state index in [1.807, 2.05) is 19.1 Å². The van der Waals surface area contributed by atoms with E-state index in [2.05, 4.69) is 11.9 Å². The van der Waals surface area contributed by atoms with Crippen molar-refractivity contribution in [1.82, 2.24) is 10.3 Å². The molecule has 0 unspecified atom stereocenters. The number of fused-ring (bicyclic) bond motifs is 1. The van der Waals surface area contributed by atoms with Crippen LogP contribution in [0.5, 0.6) is 5.75 Å². The summed E-state index contributed by atoms with van der Waals surface area (Å²) in [5.74, 6) is 0.380. The molecule has 6 nitrogen and oxygen atoms in total. The second kappa shape index (κ2) is 10.9. The van der Waals surface area contributed by atoms with E-state index in [1.165, 1.54) is 11.3 Å². The number of nitrogens with zero attached hydrogens (tertiary/aromatic N) is 2. The van der Waals surface area contributed by atoms with Crippen molar-refractivity contribution in [2.45, 2.75) is 45.4 Å². The van der Waals surface area contributed by atoms with Gasteiger partial charge in [0.1, 0.15) is 5.75 Å². The number of hydrogen-bond acceptors (Lipinski definition) is 5. The number of carbonyl (C=O) groups excluding carboxylic acids is 2. The van der Waals surface area contributed by atoms with Gasteiger partial charge in [-0.15, -0.1) is 17.9 Å². The maximum Gasteiger partial charge on any atom is 0.255 e. The molecule has 1 aromatic carbocycles. The summed E-state index contributed by atoms with van der Waals surface area (Å²) in [6.07, 6.45) is 7.03. The first-order valence-electron chi connectivity index (χ1n) is 10.5. The van der Waals surface area contributed by atoms with Gasteiger partial charge in [0.15, 0.2) is 5.13 Å². The third kappa shape index (κ3) is 5.48. The number of para-hydroxylation sites is 1. The summed E-state index contributed by atoms with van der Waals surface area (Å²) < 4.78 is 5.51. The van der Waals surface area contributed by atoms with Crippen molar-refractivity contribution in [3.63, 3.8) is 0 Å². The van der Waals surface area contributed by atoms with E-state index in [0.717, 1.165) is 30.1 Å². The second-order valence-electron chi connectivity index (χ2n) is 7.16. The first-order valence-corrected chi connectivity index (χ1v) is 11.4. The number of hydrogen-bond donors (Lipinski definition) is 1. The lowest BCUT2D eigenvalue weighted by atomic mass is 10.0. The molecule has 30 heavy (non-hydrogen) atoms. The Labute approximate surface area is 182 Å². The molecule has 0 saturated heterocycles. The molecular formula is C23H29N3O3S. The lowest BCUT2D eigenvalue weighted by molar-refractivity contribution is -0.118. The molecule has 0 saturated carbocycles. The maximum atomic E-state index is 12.8. The van der Waals surface area contributed by atoms with E-state index >= 15 is 0 Å². The van der Waals surface area contributed by atoms with Gasteiger partial charge in [-0.3, -0.25) is 14.5 Å². The zero-order chi connectivity index (χ0) is 21.3. The Morgan fingerprint density at radius 1 is 1.30 bits per heavy atom. The molecule has 0 fully saturated rings. The molecule has 2 amide bonds. The van der Waals surface area contributed by atoms with Crippen molar-refractivity contribution in [1.29, 1.82) is 0 Å². The van der Waals surface area contributed by atoms with Gasteiger partial charge in [0.25, 0.3) is 5.91 Å². The third-order valence-electron chi connectivity index (χ3n) is 4.96. The van der Waals surface area contributed by atoms with Crippen LogP contribution < -0.4 is 15.0 Å². The minimum atomic E-state index is -0.193. The van der Waals surface area contributed by atoms with Crippen molar-refractivity contribution < 1.29 is 14.3 Å². The van der Waals surface area contributed by atoms with Crippen LogP contribution in [0, 0.1) is 0 Å². The highest BCUT2D eigenvalue weighted by molar-refractivity contribution is 7.16. The van der Waals surface area contributed by atoms with Crippen molar-refractivity contribution in [2.24, 2.45) is 0 Å². The second-order valence-corrected chi connectivity index (χ2v) is 8.22. The van der Waals surface area contributed by atoms with E-state index in [-0.39, 0.29) is 11.8 Å². The normalized spacial score (nSPS) is 12.7. The van der Waals surface area contributed by atoms with Crippen LogP contribution in [0.25, 0.3) is 0 Å². The zero-order valence-corrected chi connectivity index (χ0v) is 18.3. The highest BCUT2D eigenvalue weighted by Gasteiger charge is 2.22. The van der Waals surface area contributed by atoms with Crippen LogP contribution in [0.2, 0.25) is 0 Å². The van der Waals surface area contributed by atoms with Gasteiger partial charge < -0.3 is 10.1 Å². The molecule has 2 aromatic rings. The summed E-state index contributed by atoms with van der Waals surface area (Å²) in [5.41, 5.74) is 1.65. The van der Waals surface area contributed by atoms with Crippen LogP contribution in [0.3, 0.4) is 0 Å². The lowest BCUT2D eigenvalue weighted by Crippen LogP contribution is -2.32. The number of ether oxygens (including phenoxy) is 1. The number of amides is 2. The molecule has 7 heteroatoms. The first-order chi connectivity index (χ1) is 14.6. The maximum absolute atomic E-state index is 12.8. The van der Waals surface area contributed by atoms with Gasteiger partial charge in [-0.2, -0.15) is 0 Å². The zero-order valence-electron chi connectivity index (χ0n) is 17.5. The Morgan fingerprint density at radius 2 is 2.10 bits per heavy atom. The van der Waals surface area contributed by atoms with Crippen LogP contribution in [-0.2, 0) is 17.6 Å². The third-order valence-corrected chi connectivity index (χ3v) is 6.14. The van der Waals surface area contributed by atoms with Crippen molar-refractivity contribution >= 4 is 28.3 Å². The van der Waals surface area contributed by atoms with Crippen LogP contribution in [-0.4, -0.2) is 36.5 Å². The molecule has 160 valence electrons. The molecule has 1 aromatic heterocycles. The quantitative estimate of drug-likeness (QED) is 0.457. The highest BCUT2D eigenvalue weighted by Crippen LogP contribution is 2.32. The Hall–Kier alpha value is -2.67.